The Labute approximate surface area is 174 Å². The number of hydrogen-bond acceptors (Lipinski definition) is 6. The molecule has 8 heteroatoms. The lowest BCUT2D eigenvalue weighted by molar-refractivity contribution is -0.136. The van der Waals surface area contributed by atoms with Crippen molar-refractivity contribution in [2.24, 2.45) is 5.92 Å². The molecule has 0 spiro atoms. The summed E-state index contributed by atoms with van der Waals surface area (Å²) in [6.07, 6.45) is 2.52. The van der Waals surface area contributed by atoms with E-state index in [2.05, 4.69) is 10.2 Å². The van der Waals surface area contributed by atoms with Gasteiger partial charge in [-0.1, -0.05) is 24.6 Å². The molecule has 2 amide bonds. The van der Waals surface area contributed by atoms with E-state index in [1.54, 1.807) is 21.9 Å². The Morgan fingerprint density at radius 3 is 2.73 bits per heavy atom. The molecule has 4 rings (SSSR count). The number of aromatic nitrogens is 2. The lowest BCUT2D eigenvalue weighted by Crippen LogP contribution is -2.37. The van der Waals surface area contributed by atoms with Crippen LogP contribution in [0.2, 0.25) is 0 Å². The normalized spacial score (nSPS) is 16.3. The molecule has 156 valence electrons. The summed E-state index contributed by atoms with van der Waals surface area (Å²) in [6.45, 7) is 5.13. The van der Waals surface area contributed by atoms with Crippen LogP contribution in [0.15, 0.2) is 51.5 Å². The second-order valence-corrected chi connectivity index (χ2v) is 7.48. The van der Waals surface area contributed by atoms with Crippen LogP contribution in [0, 0.1) is 12.8 Å². The molecular formula is C22H24N4O4. The van der Waals surface area contributed by atoms with Gasteiger partial charge in [-0.3, -0.25) is 9.59 Å². The monoisotopic (exact) mass is 408 g/mol. The van der Waals surface area contributed by atoms with Crippen molar-refractivity contribution in [3.05, 3.63) is 54.1 Å². The number of carbonyl (C=O) groups is 2. The van der Waals surface area contributed by atoms with Crippen molar-refractivity contribution >= 4 is 17.5 Å². The van der Waals surface area contributed by atoms with Gasteiger partial charge >= 0.3 is 0 Å². The molecule has 0 saturated carbocycles. The molecule has 0 aliphatic carbocycles. The van der Waals surface area contributed by atoms with E-state index in [0.717, 1.165) is 17.7 Å². The highest BCUT2D eigenvalue weighted by molar-refractivity contribution is 6.00. The molecule has 8 nitrogen and oxygen atoms in total. The molecule has 1 aliphatic heterocycles. The predicted octanol–water partition coefficient (Wildman–Crippen LogP) is 3.43. The topological polar surface area (TPSA) is 92.7 Å². The van der Waals surface area contributed by atoms with Gasteiger partial charge in [0.2, 0.25) is 17.7 Å². The first-order valence-corrected chi connectivity index (χ1v) is 10.1. The highest BCUT2D eigenvalue weighted by Gasteiger charge is 2.37. The number of furan rings is 1. The molecule has 30 heavy (non-hydrogen) atoms. The molecule has 3 aromatic rings. The molecular weight excluding hydrogens is 384 g/mol. The zero-order chi connectivity index (χ0) is 21.1. The number of rotatable bonds is 7. The lowest BCUT2D eigenvalue weighted by Gasteiger charge is -2.24. The third kappa shape index (κ3) is 4.12. The quantitative estimate of drug-likeness (QED) is 0.595. The van der Waals surface area contributed by atoms with E-state index in [-0.39, 0.29) is 30.7 Å². The third-order valence-electron chi connectivity index (χ3n) is 5.15. The van der Waals surface area contributed by atoms with Gasteiger partial charge in [-0.2, -0.15) is 0 Å². The number of aryl methyl sites for hydroxylation is 1. The van der Waals surface area contributed by atoms with E-state index in [9.17, 15) is 9.59 Å². The fourth-order valence-electron chi connectivity index (χ4n) is 3.62. The molecule has 0 radical (unpaired) electrons. The minimum Gasteiger partial charge on any atom is -0.459 e. The largest absolute Gasteiger partial charge is 0.459 e. The molecule has 0 bridgehead atoms. The van der Waals surface area contributed by atoms with Crippen molar-refractivity contribution in [2.45, 2.75) is 33.2 Å². The molecule has 1 fully saturated rings. The maximum atomic E-state index is 13.2. The summed E-state index contributed by atoms with van der Waals surface area (Å²) in [6, 6.07) is 11.2. The van der Waals surface area contributed by atoms with Gasteiger partial charge in [-0.15, -0.1) is 10.2 Å². The molecule has 0 unspecified atom stereocenters. The highest BCUT2D eigenvalue weighted by Crippen LogP contribution is 2.27. The second-order valence-electron chi connectivity index (χ2n) is 7.48. The van der Waals surface area contributed by atoms with Crippen LogP contribution in [0.3, 0.4) is 0 Å². The zero-order valence-corrected chi connectivity index (χ0v) is 17.1. The highest BCUT2D eigenvalue weighted by atomic mass is 16.4. The number of benzene rings is 1. The number of carbonyl (C=O) groups excluding carboxylic acids is 2. The van der Waals surface area contributed by atoms with E-state index in [1.807, 2.05) is 38.1 Å². The fourth-order valence-corrected chi connectivity index (χ4v) is 3.62. The van der Waals surface area contributed by atoms with Crippen LogP contribution in [0.5, 0.6) is 0 Å². The minimum absolute atomic E-state index is 0.0356. The Balaban J connectivity index is 1.45. The fraction of sp³-hybridized carbons (Fsp3) is 0.364. The first kappa shape index (κ1) is 19.9. The smallest absolute Gasteiger partial charge is 0.283 e. The van der Waals surface area contributed by atoms with Crippen molar-refractivity contribution in [1.82, 2.24) is 15.1 Å². The molecule has 1 atom stereocenters. The van der Waals surface area contributed by atoms with Crippen LogP contribution >= 0.6 is 0 Å². The Morgan fingerprint density at radius 2 is 2.03 bits per heavy atom. The first-order valence-electron chi connectivity index (χ1n) is 10.1. The standard InChI is InChI=1S/C22H24N4O4/c1-3-10-25(14-19-23-24-21(30-19)18-5-4-11-29-18)22(28)16-12-20(27)26(13-16)17-8-6-15(2)7-9-17/h4-9,11,16H,3,10,12-14H2,1-2H3/t16-/m1/s1. The summed E-state index contributed by atoms with van der Waals surface area (Å²) in [5.41, 5.74) is 1.95. The Morgan fingerprint density at radius 1 is 1.23 bits per heavy atom. The van der Waals surface area contributed by atoms with Crippen LogP contribution in [-0.2, 0) is 16.1 Å². The number of nitrogens with zero attached hydrogens (tertiary/aromatic N) is 4. The van der Waals surface area contributed by atoms with Gasteiger partial charge in [0.1, 0.15) is 0 Å². The second kappa shape index (κ2) is 8.52. The van der Waals surface area contributed by atoms with E-state index in [1.165, 1.54) is 6.26 Å². The van der Waals surface area contributed by atoms with E-state index in [4.69, 9.17) is 8.83 Å². The number of anilines is 1. The molecule has 3 heterocycles. The van der Waals surface area contributed by atoms with Crippen molar-refractivity contribution in [3.63, 3.8) is 0 Å². The van der Waals surface area contributed by atoms with Crippen LogP contribution in [0.4, 0.5) is 5.69 Å². The molecule has 1 aromatic carbocycles. The van der Waals surface area contributed by atoms with Crippen LogP contribution < -0.4 is 4.90 Å². The van der Waals surface area contributed by atoms with Crippen LogP contribution in [0.1, 0.15) is 31.2 Å². The molecule has 1 aliphatic rings. The summed E-state index contributed by atoms with van der Waals surface area (Å²) in [5, 5.41) is 8.03. The Hall–Kier alpha value is -3.42. The van der Waals surface area contributed by atoms with E-state index < -0.39 is 5.92 Å². The number of hydrogen-bond donors (Lipinski definition) is 0. The lowest BCUT2D eigenvalue weighted by atomic mass is 10.1. The first-order chi connectivity index (χ1) is 14.5. The maximum absolute atomic E-state index is 13.2. The predicted molar refractivity (Wildman–Crippen MR) is 109 cm³/mol. The molecule has 0 N–H and O–H groups in total. The van der Waals surface area contributed by atoms with Crippen molar-refractivity contribution in [3.8, 4) is 11.7 Å². The SMILES string of the molecule is CCCN(Cc1nnc(-c2ccco2)o1)C(=O)[C@@H]1CC(=O)N(c2ccc(C)cc2)C1. The average molecular weight is 408 g/mol. The zero-order valence-electron chi connectivity index (χ0n) is 17.1. The van der Waals surface area contributed by atoms with Gasteiger partial charge in [0.15, 0.2) is 5.76 Å². The van der Waals surface area contributed by atoms with Gasteiger partial charge < -0.3 is 18.6 Å². The summed E-state index contributed by atoms with van der Waals surface area (Å²) < 4.78 is 10.9. The molecule has 1 saturated heterocycles. The third-order valence-corrected chi connectivity index (χ3v) is 5.15. The van der Waals surface area contributed by atoms with Gasteiger partial charge in [0.05, 0.1) is 18.7 Å². The van der Waals surface area contributed by atoms with E-state index in [0.29, 0.717) is 24.7 Å². The minimum atomic E-state index is -0.391. The Bertz CT molecular complexity index is 1010. The summed E-state index contributed by atoms with van der Waals surface area (Å²) in [4.78, 5) is 29.1. The van der Waals surface area contributed by atoms with E-state index >= 15 is 0 Å². The summed E-state index contributed by atoms with van der Waals surface area (Å²) in [5.74, 6) is 0.600. The molecule has 2 aromatic heterocycles. The van der Waals surface area contributed by atoms with Gasteiger partial charge in [-0.25, -0.2) is 0 Å². The maximum Gasteiger partial charge on any atom is 0.283 e. The number of amides is 2. The van der Waals surface area contributed by atoms with Gasteiger partial charge in [0.25, 0.3) is 5.89 Å². The van der Waals surface area contributed by atoms with Crippen molar-refractivity contribution < 1.29 is 18.4 Å². The summed E-state index contributed by atoms with van der Waals surface area (Å²) in [7, 11) is 0. The summed E-state index contributed by atoms with van der Waals surface area (Å²) >= 11 is 0. The van der Waals surface area contributed by atoms with Crippen LogP contribution in [0.25, 0.3) is 11.7 Å². The van der Waals surface area contributed by atoms with Gasteiger partial charge in [0, 0.05) is 25.2 Å². The van der Waals surface area contributed by atoms with Gasteiger partial charge in [-0.05, 0) is 37.6 Å². The average Bonchev–Trinajstić information content (AvgIpc) is 3.48. The van der Waals surface area contributed by atoms with Crippen molar-refractivity contribution in [2.75, 3.05) is 18.0 Å². The van der Waals surface area contributed by atoms with Crippen molar-refractivity contribution in [1.29, 1.82) is 0 Å². The Kier molecular flexibility index (Phi) is 5.65. The van der Waals surface area contributed by atoms with Crippen LogP contribution in [-0.4, -0.2) is 40.0 Å².